The highest BCUT2D eigenvalue weighted by molar-refractivity contribution is 8.04. The first-order valence-electron chi connectivity index (χ1n) is 11.9. The molecule has 1 fully saturated rings. The predicted molar refractivity (Wildman–Crippen MR) is 136 cm³/mol. The van der Waals surface area contributed by atoms with Crippen LogP contribution in [0.1, 0.15) is 37.3 Å². The minimum atomic E-state index is -0.128. The zero-order chi connectivity index (χ0) is 23.2. The average molecular weight is 464 g/mol. The number of para-hydroxylation sites is 1. The Morgan fingerprint density at radius 2 is 1.97 bits per heavy atom. The first-order chi connectivity index (χ1) is 16.0. The number of nitrogens with zero attached hydrogens (tertiary/aromatic N) is 2. The highest BCUT2D eigenvalue weighted by Gasteiger charge is 2.30. The fourth-order valence-corrected chi connectivity index (χ4v) is 5.51. The third kappa shape index (κ3) is 6.27. The standard InChI is InChI=1S/C27H33N3O2S/c1-20-10-12-22(13-11-20)17-25-27(32)30(23-8-3-4-9-24(23)33-25)19-26(31)28-14-6-16-29-15-5-7-21(2)18-29/h3-4,8-13,17,21H,5-7,14-16,18-19H2,1-2H3,(H,28,31)/b25-17+/t21-/m1/s1. The lowest BCUT2D eigenvalue weighted by atomic mass is 10.0. The first-order valence-corrected chi connectivity index (χ1v) is 12.7. The summed E-state index contributed by atoms with van der Waals surface area (Å²) in [5.74, 6) is 0.516. The Bertz CT molecular complexity index is 1020. The van der Waals surface area contributed by atoms with E-state index in [1.807, 2.05) is 61.5 Å². The molecule has 2 aromatic rings. The lowest BCUT2D eigenvalue weighted by Crippen LogP contribution is -2.43. The zero-order valence-corrected chi connectivity index (χ0v) is 20.4. The number of carbonyl (C=O) groups is 2. The fraction of sp³-hybridized carbons (Fsp3) is 0.407. The summed E-state index contributed by atoms with van der Waals surface area (Å²) in [7, 11) is 0. The van der Waals surface area contributed by atoms with Gasteiger partial charge < -0.3 is 10.2 Å². The number of fused-ring (bicyclic) bond motifs is 1. The number of hydrogen-bond donors (Lipinski definition) is 1. The number of anilines is 1. The maximum absolute atomic E-state index is 13.3. The molecule has 0 aromatic heterocycles. The van der Waals surface area contributed by atoms with E-state index in [1.165, 1.54) is 30.2 Å². The van der Waals surface area contributed by atoms with Gasteiger partial charge in [0.2, 0.25) is 5.91 Å². The van der Waals surface area contributed by atoms with Gasteiger partial charge in [-0.2, -0.15) is 0 Å². The number of amides is 2. The smallest absolute Gasteiger partial charge is 0.265 e. The number of hydrogen-bond acceptors (Lipinski definition) is 4. The quantitative estimate of drug-likeness (QED) is 0.477. The monoisotopic (exact) mass is 463 g/mol. The van der Waals surface area contributed by atoms with Crippen LogP contribution in [0.4, 0.5) is 5.69 Å². The van der Waals surface area contributed by atoms with E-state index in [2.05, 4.69) is 17.1 Å². The van der Waals surface area contributed by atoms with Crippen molar-refractivity contribution in [1.82, 2.24) is 10.2 Å². The van der Waals surface area contributed by atoms with Crippen LogP contribution in [0.25, 0.3) is 6.08 Å². The molecule has 0 spiro atoms. The summed E-state index contributed by atoms with van der Waals surface area (Å²) in [5.41, 5.74) is 2.96. The Balaban J connectivity index is 1.38. The van der Waals surface area contributed by atoms with Crippen LogP contribution < -0.4 is 10.2 Å². The van der Waals surface area contributed by atoms with E-state index in [4.69, 9.17) is 0 Å². The van der Waals surface area contributed by atoms with Gasteiger partial charge in [0.25, 0.3) is 5.91 Å². The van der Waals surface area contributed by atoms with Gasteiger partial charge in [-0.15, -0.1) is 0 Å². The molecule has 2 aliphatic heterocycles. The SMILES string of the molecule is Cc1ccc(/C=C2/Sc3ccccc3N(CC(=O)NCCCN3CCC[C@@H](C)C3)C2=O)cc1. The second-order valence-electron chi connectivity index (χ2n) is 9.13. The number of aryl methyl sites for hydroxylation is 1. The lowest BCUT2D eigenvalue weighted by Gasteiger charge is -2.31. The van der Waals surface area contributed by atoms with Crippen molar-refractivity contribution in [2.24, 2.45) is 5.92 Å². The molecule has 0 radical (unpaired) electrons. The third-order valence-electron chi connectivity index (χ3n) is 6.22. The van der Waals surface area contributed by atoms with Crippen molar-refractivity contribution in [3.63, 3.8) is 0 Å². The number of nitrogens with one attached hydrogen (secondary N) is 1. The van der Waals surface area contributed by atoms with Gasteiger partial charge in [-0.25, -0.2) is 0 Å². The van der Waals surface area contributed by atoms with Crippen LogP contribution in [0.3, 0.4) is 0 Å². The molecule has 2 aromatic carbocycles. The summed E-state index contributed by atoms with van der Waals surface area (Å²) in [6.07, 6.45) is 5.42. The highest BCUT2D eigenvalue weighted by atomic mass is 32.2. The molecule has 1 N–H and O–H groups in total. The van der Waals surface area contributed by atoms with E-state index < -0.39 is 0 Å². The van der Waals surface area contributed by atoms with Crippen molar-refractivity contribution < 1.29 is 9.59 Å². The summed E-state index contributed by atoms with van der Waals surface area (Å²) in [5, 5.41) is 3.02. The van der Waals surface area contributed by atoms with Crippen LogP contribution in [-0.2, 0) is 9.59 Å². The topological polar surface area (TPSA) is 52.7 Å². The molecular weight excluding hydrogens is 430 g/mol. The van der Waals surface area contributed by atoms with Crippen molar-refractivity contribution in [1.29, 1.82) is 0 Å². The minimum Gasteiger partial charge on any atom is -0.355 e. The Morgan fingerprint density at radius 3 is 2.76 bits per heavy atom. The summed E-state index contributed by atoms with van der Waals surface area (Å²) < 4.78 is 0. The van der Waals surface area contributed by atoms with Gasteiger partial charge in [0, 0.05) is 18.0 Å². The van der Waals surface area contributed by atoms with Crippen molar-refractivity contribution >= 4 is 35.3 Å². The number of carbonyl (C=O) groups excluding carboxylic acids is 2. The summed E-state index contributed by atoms with van der Waals surface area (Å²) in [4.78, 5) is 31.8. The van der Waals surface area contributed by atoms with Gasteiger partial charge in [-0.3, -0.25) is 14.5 Å². The molecule has 0 bridgehead atoms. The van der Waals surface area contributed by atoms with Crippen LogP contribution in [0, 0.1) is 12.8 Å². The van der Waals surface area contributed by atoms with Crippen molar-refractivity contribution in [3.05, 3.63) is 64.6 Å². The lowest BCUT2D eigenvalue weighted by molar-refractivity contribution is -0.122. The molecule has 2 aliphatic rings. The molecular formula is C27H33N3O2S. The number of rotatable bonds is 7. The molecule has 2 heterocycles. The van der Waals surface area contributed by atoms with Gasteiger partial charge in [-0.1, -0.05) is 60.6 Å². The molecule has 0 saturated carbocycles. The molecule has 4 rings (SSSR count). The summed E-state index contributed by atoms with van der Waals surface area (Å²) >= 11 is 1.47. The van der Waals surface area contributed by atoms with Crippen LogP contribution >= 0.6 is 11.8 Å². The number of thioether (sulfide) groups is 1. The zero-order valence-electron chi connectivity index (χ0n) is 19.5. The largest absolute Gasteiger partial charge is 0.355 e. The van der Waals surface area contributed by atoms with Gasteiger partial charge in [-0.05, 0) is 69.0 Å². The van der Waals surface area contributed by atoms with Crippen molar-refractivity contribution in [2.75, 3.05) is 37.6 Å². The van der Waals surface area contributed by atoms with Crippen LogP contribution in [0.15, 0.2) is 58.3 Å². The van der Waals surface area contributed by atoms with Gasteiger partial charge >= 0.3 is 0 Å². The van der Waals surface area contributed by atoms with E-state index >= 15 is 0 Å². The average Bonchev–Trinajstić information content (AvgIpc) is 2.81. The molecule has 174 valence electrons. The van der Waals surface area contributed by atoms with Crippen molar-refractivity contribution in [2.45, 2.75) is 38.0 Å². The highest BCUT2D eigenvalue weighted by Crippen LogP contribution is 2.41. The number of piperidine rings is 1. The summed E-state index contributed by atoms with van der Waals surface area (Å²) in [6, 6.07) is 15.9. The Morgan fingerprint density at radius 1 is 1.18 bits per heavy atom. The van der Waals surface area contributed by atoms with Crippen LogP contribution in [-0.4, -0.2) is 49.4 Å². The molecule has 5 nitrogen and oxygen atoms in total. The first kappa shape index (κ1) is 23.6. The fourth-order valence-electron chi connectivity index (χ4n) is 4.45. The van der Waals surface area contributed by atoms with E-state index in [9.17, 15) is 9.59 Å². The molecule has 33 heavy (non-hydrogen) atoms. The third-order valence-corrected chi connectivity index (χ3v) is 7.30. The normalized spacial score (nSPS) is 20.1. The molecule has 6 heteroatoms. The Labute approximate surface area is 201 Å². The maximum Gasteiger partial charge on any atom is 0.265 e. The molecule has 0 unspecified atom stereocenters. The minimum absolute atomic E-state index is 0.0302. The maximum atomic E-state index is 13.3. The van der Waals surface area contributed by atoms with E-state index in [0.29, 0.717) is 11.4 Å². The van der Waals surface area contributed by atoms with E-state index in [0.717, 1.165) is 48.1 Å². The van der Waals surface area contributed by atoms with Gasteiger partial charge in [0.15, 0.2) is 0 Å². The van der Waals surface area contributed by atoms with E-state index in [1.54, 1.807) is 4.90 Å². The van der Waals surface area contributed by atoms with Crippen molar-refractivity contribution in [3.8, 4) is 0 Å². The molecule has 1 atom stereocenters. The molecule has 2 amide bonds. The molecule has 0 aliphatic carbocycles. The molecule has 1 saturated heterocycles. The van der Waals surface area contributed by atoms with E-state index in [-0.39, 0.29) is 18.4 Å². The van der Waals surface area contributed by atoms with Crippen LogP contribution in [0.5, 0.6) is 0 Å². The number of benzene rings is 2. The van der Waals surface area contributed by atoms with Gasteiger partial charge in [0.1, 0.15) is 6.54 Å². The van der Waals surface area contributed by atoms with Gasteiger partial charge in [0.05, 0.1) is 10.6 Å². The number of likely N-dealkylation sites (tertiary alicyclic amines) is 1. The Hall–Kier alpha value is -2.57. The van der Waals surface area contributed by atoms with Crippen LogP contribution in [0.2, 0.25) is 0 Å². The summed E-state index contributed by atoms with van der Waals surface area (Å²) in [6.45, 7) is 8.33. The second-order valence-corrected chi connectivity index (χ2v) is 10.2. The second kappa shape index (κ2) is 11.0. The Kier molecular flexibility index (Phi) is 7.89. The predicted octanol–water partition coefficient (Wildman–Crippen LogP) is 4.71.